The number of anilines is 2. The zero-order chi connectivity index (χ0) is 14.9. The molecule has 0 fully saturated rings. The van der Waals surface area contributed by atoms with Crippen LogP contribution in [0.4, 0.5) is 11.5 Å². The Morgan fingerprint density at radius 1 is 1.00 bits per heavy atom. The zero-order valence-electron chi connectivity index (χ0n) is 12.5. The highest BCUT2D eigenvalue weighted by atomic mass is 15.3. The molecule has 0 spiro atoms. The summed E-state index contributed by atoms with van der Waals surface area (Å²) in [5.74, 6) is 0.598. The number of hydrogen-bond donors (Lipinski definition) is 0. The van der Waals surface area contributed by atoms with Gasteiger partial charge in [0.25, 0.3) is 0 Å². The molecule has 0 bridgehead atoms. The lowest BCUT2D eigenvalue weighted by molar-refractivity contribution is 0.929. The van der Waals surface area contributed by atoms with Crippen molar-refractivity contribution in [3.05, 3.63) is 46.1 Å². The van der Waals surface area contributed by atoms with Gasteiger partial charge in [0.1, 0.15) is 11.6 Å². The molecule has 2 aromatic rings. The van der Waals surface area contributed by atoms with Crippen molar-refractivity contribution in [3.8, 4) is 6.07 Å². The van der Waals surface area contributed by atoms with Gasteiger partial charge in [-0.25, -0.2) is 0 Å². The molecular weight excluding hydrogens is 248 g/mol. The second-order valence-corrected chi connectivity index (χ2v) is 5.13. The van der Waals surface area contributed by atoms with Gasteiger partial charge in [-0.05, 0) is 56.5 Å². The first-order chi connectivity index (χ1) is 9.43. The largest absolute Gasteiger partial charge is 0.327 e. The van der Waals surface area contributed by atoms with E-state index in [1.165, 1.54) is 11.1 Å². The lowest BCUT2D eigenvalue weighted by Gasteiger charge is -2.21. The van der Waals surface area contributed by atoms with Gasteiger partial charge in [0.05, 0.1) is 5.69 Å². The molecule has 0 radical (unpaired) electrons. The Kier molecular flexibility index (Phi) is 3.71. The summed E-state index contributed by atoms with van der Waals surface area (Å²) in [6.07, 6.45) is 0. The molecule has 0 aliphatic carbocycles. The minimum atomic E-state index is 0.583. The van der Waals surface area contributed by atoms with Crippen molar-refractivity contribution in [2.45, 2.75) is 27.7 Å². The molecule has 0 saturated heterocycles. The fourth-order valence-corrected chi connectivity index (χ4v) is 2.23. The summed E-state index contributed by atoms with van der Waals surface area (Å²) in [5, 5.41) is 17.7. The molecule has 1 aromatic carbocycles. The first kappa shape index (κ1) is 14.0. The Morgan fingerprint density at radius 2 is 1.60 bits per heavy atom. The van der Waals surface area contributed by atoms with Gasteiger partial charge in [0, 0.05) is 12.7 Å². The molecule has 1 aromatic heterocycles. The first-order valence-electron chi connectivity index (χ1n) is 6.50. The van der Waals surface area contributed by atoms with Crippen LogP contribution in [0, 0.1) is 39.0 Å². The van der Waals surface area contributed by atoms with Gasteiger partial charge in [-0.2, -0.15) is 10.4 Å². The number of aromatic nitrogens is 2. The SMILES string of the molecule is Cc1cc(C)cc(N(C)c2nnc(C)c(C)c2C#N)c1. The highest BCUT2D eigenvalue weighted by molar-refractivity contribution is 5.67. The minimum Gasteiger partial charge on any atom is -0.327 e. The summed E-state index contributed by atoms with van der Waals surface area (Å²) in [4.78, 5) is 1.91. The predicted molar refractivity (Wildman–Crippen MR) is 80.2 cm³/mol. The van der Waals surface area contributed by atoms with Gasteiger partial charge >= 0.3 is 0 Å². The second-order valence-electron chi connectivity index (χ2n) is 5.13. The Morgan fingerprint density at radius 3 is 2.15 bits per heavy atom. The highest BCUT2D eigenvalue weighted by Crippen LogP contribution is 2.28. The molecule has 0 amide bonds. The van der Waals surface area contributed by atoms with Crippen molar-refractivity contribution in [2.75, 3.05) is 11.9 Å². The monoisotopic (exact) mass is 266 g/mol. The number of nitrogens with zero attached hydrogens (tertiary/aromatic N) is 4. The molecule has 0 aliphatic heterocycles. The molecule has 0 atom stereocenters. The number of hydrogen-bond acceptors (Lipinski definition) is 4. The van der Waals surface area contributed by atoms with Crippen molar-refractivity contribution in [3.63, 3.8) is 0 Å². The number of aryl methyl sites for hydroxylation is 3. The van der Waals surface area contributed by atoms with E-state index in [0.29, 0.717) is 11.4 Å². The van der Waals surface area contributed by atoms with Crippen LogP contribution in [-0.2, 0) is 0 Å². The lowest BCUT2D eigenvalue weighted by Crippen LogP contribution is -2.15. The van der Waals surface area contributed by atoms with E-state index in [1.54, 1.807) is 0 Å². The van der Waals surface area contributed by atoms with E-state index in [0.717, 1.165) is 16.9 Å². The lowest BCUT2D eigenvalue weighted by atomic mass is 10.1. The third kappa shape index (κ3) is 2.48. The summed E-state index contributed by atoms with van der Waals surface area (Å²) >= 11 is 0. The van der Waals surface area contributed by atoms with Gasteiger partial charge in [0.15, 0.2) is 5.82 Å². The molecule has 4 heteroatoms. The standard InChI is InChI=1S/C16H18N4/c1-10-6-11(2)8-14(7-10)20(5)16-15(9-17)12(3)13(4)18-19-16/h6-8H,1-5H3. The predicted octanol–water partition coefficient (Wildman–Crippen LogP) is 3.35. The van der Waals surface area contributed by atoms with E-state index in [1.807, 2.05) is 25.8 Å². The fraction of sp³-hybridized carbons (Fsp3) is 0.312. The maximum Gasteiger partial charge on any atom is 0.173 e. The molecule has 0 unspecified atom stereocenters. The van der Waals surface area contributed by atoms with Gasteiger partial charge in [0.2, 0.25) is 0 Å². The summed E-state index contributed by atoms with van der Waals surface area (Å²) < 4.78 is 0. The van der Waals surface area contributed by atoms with Crippen LogP contribution >= 0.6 is 0 Å². The molecule has 0 aliphatic rings. The van der Waals surface area contributed by atoms with E-state index in [4.69, 9.17) is 0 Å². The molecule has 102 valence electrons. The summed E-state index contributed by atoms with van der Waals surface area (Å²) in [6, 6.07) is 8.51. The van der Waals surface area contributed by atoms with Crippen LogP contribution in [0.3, 0.4) is 0 Å². The van der Waals surface area contributed by atoms with Crippen LogP contribution < -0.4 is 4.90 Å². The van der Waals surface area contributed by atoms with Crippen LogP contribution in [0.15, 0.2) is 18.2 Å². The molecule has 0 N–H and O–H groups in total. The van der Waals surface area contributed by atoms with E-state index >= 15 is 0 Å². The minimum absolute atomic E-state index is 0.583. The summed E-state index contributed by atoms with van der Waals surface area (Å²) in [6.45, 7) is 7.88. The molecule has 1 heterocycles. The van der Waals surface area contributed by atoms with E-state index in [2.05, 4.69) is 48.3 Å². The van der Waals surface area contributed by atoms with Gasteiger partial charge in [-0.1, -0.05) is 6.07 Å². The average Bonchev–Trinajstić information content (AvgIpc) is 2.39. The van der Waals surface area contributed by atoms with Crippen molar-refractivity contribution in [1.29, 1.82) is 5.26 Å². The van der Waals surface area contributed by atoms with E-state index in [9.17, 15) is 5.26 Å². The van der Waals surface area contributed by atoms with Crippen LogP contribution in [0.25, 0.3) is 0 Å². The van der Waals surface area contributed by atoms with E-state index < -0.39 is 0 Å². The number of benzene rings is 1. The maximum absolute atomic E-state index is 9.38. The third-order valence-corrected chi connectivity index (χ3v) is 3.46. The van der Waals surface area contributed by atoms with Gasteiger partial charge in [-0.15, -0.1) is 5.10 Å². The van der Waals surface area contributed by atoms with Crippen molar-refractivity contribution in [1.82, 2.24) is 10.2 Å². The maximum atomic E-state index is 9.38. The Hall–Kier alpha value is -2.41. The summed E-state index contributed by atoms with van der Waals surface area (Å²) in [5.41, 5.74) is 5.63. The normalized spacial score (nSPS) is 10.2. The zero-order valence-corrected chi connectivity index (χ0v) is 12.5. The van der Waals surface area contributed by atoms with Crippen LogP contribution in [0.5, 0.6) is 0 Å². The van der Waals surface area contributed by atoms with Crippen LogP contribution in [0.2, 0.25) is 0 Å². The molecular formula is C16H18N4. The van der Waals surface area contributed by atoms with Gasteiger partial charge < -0.3 is 4.90 Å². The van der Waals surface area contributed by atoms with E-state index in [-0.39, 0.29) is 0 Å². The van der Waals surface area contributed by atoms with Crippen LogP contribution in [0.1, 0.15) is 27.9 Å². The third-order valence-electron chi connectivity index (χ3n) is 3.46. The smallest absolute Gasteiger partial charge is 0.173 e. The topological polar surface area (TPSA) is 52.8 Å². The number of rotatable bonds is 2. The summed E-state index contributed by atoms with van der Waals surface area (Å²) in [7, 11) is 1.91. The Balaban J connectivity index is 2.57. The van der Waals surface area contributed by atoms with Crippen molar-refractivity contribution >= 4 is 11.5 Å². The fourth-order valence-electron chi connectivity index (χ4n) is 2.23. The van der Waals surface area contributed by atoms with Crippen molar-refractivity contribution < 1.29 is 0 Å². The highest BCUT2D eigenvalue weighted by Gasteiger charge is 2.16. The molecule has 0 saturated carbocycles. The first-order valence-corrected chi connectivity index (χ1v) is 6.50. The Bertz CT molecular complexity index is 678. The molecule has 20 heavy (non-hydrogen) atoms. The molecule has 4 nitrogen and oxygen atoms in total. The second kappa shape index (κ2) is 5.30. The van der Waals surface area contributed by atoms with Gasteiger partial charge in [-0.3, -0.25) is 0 Å². The Labute approximate surface area is 119 Å². The average molecular weight is 266 g/mol. The number of nitriles is 1. The van der Waals surface area contributed by atoms with Crippen LogP contribution in [-0.4, -0.2) is 17.2 Å². The van der Waals surface area contributed by atoms with Crippen molar-refractivity contribution in [2.24, 2.45) is 0 Å². The molecule has 2 rings (SSSR count). The quantitative estimate of drug-likeness (QED) is 0.836.